The summed E-state index contributed by atoms with van der Waals surface area (Å²) in [4.78, 5) is 0. The summed E-state index contributed by atoms with van der Waals surface area (Å²) in [6.07, 6.45) is 16.7. The third-order valence-corrected chi connectivity index (χ3v) is 3.06. The maximum Gasteiger partial charge on any atom is -0.00174 e. The molecule has 0 spiro atoms. The van der Waals surface area contributed by atoms with Crippen LogP contribution in [0.2, 0.25) is 0 Å². The molecule has 0 heterocycles. The quantitative estimate of drug-likeness (QED) is 0.571. The normalized spacial score (nSPS) is 29.6. The predicted octanol–water partition coefficient (Wildman–Crippen LogP) is 4.67. The summed E-state index contributed by atoms with van der Waals surface area (Å²) in [5.74, 6) is 1.74. The average Bonchev–Trinajstić information content (AvgIpc) is 2.88. The molecule has 82 valence electrons. The number of fused-ring (bicyclic) bond motifs is 2. The van der Waals surface area contributed by atoms with Gasteiger partial charge in [-0.2, -0.15) is 0 Å². The molecule has 0 radical (unpaired) electrons. The van der Waals surface area contributed by atoms with E-state index in [4.69, 9.17) is 0 Å². The van der Waals surface area contributed by atoms with E-state index in [9.17, 15) is 0 Å². The van der Waals surface area contributed by atoms with Crippen molar-refractivity contribution >= 4 is 0 Å². The van der Waals surface area contributed by atoms with Gasteiger partial charge in [-0.25, -0.2) is 0 Å². The fourth-order valence-corrected chi connectivity index (χ4v) is 2.22. The molecule has 0 heteroatoms. The van der Waals surface area contributed by atoms with E-state index < -0.39 is 0 Å². The first-order chi connectivity index (χ1) is 7.31. The van der Waals surface area contributed by atoms with Crippen LogP contribution in [-0.4, -0.2) is 0 Å². The van der Waals surface area contributed by atoms with Gasteiger partial charge in [0.05, 0.1) is 0 Å². The van der Waals surface area contributed by atoms with Crippen LogP contribution in [0.1, 0.15) is 33.1 Å². The van der Waals surface area contributed by atoms with Gasteiger partial charge in [0.15, 0.2) is 0 Å². The zero-order valence-corrected chi connectivity index (χ0v) is 9.95. The minimum absolute atomic E-state index is 0.833. The van der Waals surface area contributed by atoms with Crippen LogP contribution in [0.5, 0.6) is 0 Å². The van der Waals surface area contributed by atoms with Crippen molar-refractivity contribution in [2.45, 2.75) is 33.1 Å². The first kappa shape index (κ1) is 12.0. The van der Waals surface area contributed by atoms with Crippen molar-refractivity contribution in [3.63, 3.8) is 0 Å². The van der Waals surface area contributed by atoms with E-state index in [1.54, 1.807) is 5.57 Å². The Kier molecular flexibility index (Phi) is 5.17. The van der Waals surface area contributed by atoms with Crippen molar-refractivity contribution in [3.05, 3.63) is 48.6 Å². The Bertz CT molecular complexity index is 278. The number of hydrogen-bond acceptors (Lipinski definition) is 0. The number of hydrogen-bond donors (Lipinski definition) is 0. The van der Waals surface area contributed by atoms with Gasteiger partial charge in [0.1, 0.15) is 0 Å². The van der Waals surface area contributed by atoms with E-state index >= 15 is 0 Å². The van der Waals surface area contributed by atoms with Crippen molar-refractivity contribution in [2.24, 2.45) is 11.8 Å². The average molecular weight is 202 g/mol. The molecule has 0 nitrogen and oxygen atoms in total. The van der Waals surface area contributed by atoms with Crippen LogP contribution in [0.3, 0.4) is 0 Å². The van der Waals surface area contributed by atoms with E-state index in [1.807, 2.05) is 19.1 Å². The monoisotopic (exact) mass is 202 g/mol. The molecular formula is C15H22. The SMILES string of the molecule is C/C=C1\CC2C=CC1C2.C=CC/C=C/C. The molecule has 0 N–H and O–H groups in total. The summed E-state index contributed by atoms with van der Waals surface area (Å²) in [6.45, 7) is 7.71. The Labute approximate surface area is 94.1 Å². The zero-order valence-electron chi connectivity index (χ0n) is 9.95. The summed E-state index contributed by atoms with van der Waals surface area (Å²) in [5.41, 5.74) is 1.67. The lowest BCUT2D eigenvalue weighted by Crippen LogP contribution is -1.90. The second kappa shape index (κ2) is 6.44. The van der Waals surface area contributed by atoms with Crippen molar-refractivity contribution in [1.82, 2.24) is 0 Å². The minimum atomic E-state index is 0.833. The molecular weight excluding hydrogens is 180 g/mol. The second-order valence-corrected chi connectivity index (χ2v) is 4.15. The van der Waals surface area contributed by atoms with Crippen LogP contribution in [0.15, 0.2) is 48.6 Å². The summed E-state index contributed by atoms with van der Waals surface area (Å²) in [7, 11) is 0. The first-order valence-corrected chi connectivity index (χ1v) is 5.87. The zero-order chi connectivity index (χ0) is 11.1. The molecule has 1 saturated carbocycles. The molecule has 0 amide bonds. The summed E-state index contributed by atoms with van der Waals surface area (Å²) in [6, 6.07) is 0. The minimum Gasteiger partial charge on any atom is -0.103 e. The van der Waals surface area contributed by atoms with Crippen LogP contribution in [0, 0.1) is 11.8 Å². The highest BCUT2D eigenvalue weighted by atomic mass is 14.3. The molecule has 2 unspecified atom stereocenters. The topological polar surface area (TPSA) is 0 Å². The molecule has 2 aliphatic carbocycles. The van der Waals surface area contributed by atoms with E-state index in [0.29, 0.717) is 0 Å². The third kappa shape index (κ3) is 3.54. The van der Waals surface area contributed by atoms with E-state index in [1.165, 1.54) is 12.8 Å². The Balaban J connectivity index is 0.000000167. The van der Waals surface area contributed by atoms with Gasteiger partial charge >= 0.3 is 0 Å². The Morgan fingerprint density at radius 2 is 2.20 bits per heavy atom. The smallest absolute Gasteiger partial charge is 0.00174 e. The number of rotatable bonds is 2. The van der Waals surface area contributed by atoms with Crippen LogP contribution in [0.4, 0.5) is 0 Å². The van der Waals surface area contributed by atoms with Crippen molar-refractivity contribution in [1.29, 1.82) is 0 Å². The van der Waals surface area contributed by atoms with Crippen LogP contribution >= 0.6 is 0 Å². The number of allylic oxidation sites excluding steroid dienone is 7. The Morgan fingerprint density at radius 3 is 2.47 bits per heavy atom. The van der Waals surface area contributed by atoms with Gasteiger partial charge in [0, 0.05) is 0 Å². The molecule has 1 fully saturated rings. The fourth-order valence-electron chi connectivity index (χ4n) is 2.22. The van der Waals surface area contributed by atoms with Gasteiger partial charge in [-0.1, -0.05) is 42.0 Å². The van der Waals surface area contributed by atoms with Gasteiger partial charge in [-0.05, 0) is 44.9 Å². The predicted molar refractivity (Wildman–Crippen MR) is 68.7 cm³/mol. The highest BCUT2D eigenvalue weighted by Gasteiger charge is 2.29. The Hall–Kier alpha value is -1.04. The van der Waals surface area contributed by atoms with Crippen molar-refractivity contribution in [2.75, 3.05) is 0 Å². The lowest BCUT2D eigenvalue weighted by Gasteiger charge is -2.05. The van der Waals surface area contributed by atoms with Gasteiger partial charge in [0.2, 0.25) is 0 Å². The summed E-state index contributed by atoms with van der Waals surface area (Å²) < 4.78 is 0. The van der Waals surface area contributed by atoms with Gasteiger partial charge in [-0.3, -0.25) is 0 Å². The van der Waals surface area contributed by atoms with Crippen molar-refractivity contribution in [3.8, 4) is 0 Å². The molecule has 0 aromatic carbocycles. The van der Waals surface area contributed by atoms with E-state index in [2.05, 4.69) is 37.8 Å². The Morgan fingerprint density at radius 1 is 1.40 bits per heavy atom. The van der Waals surface area contributed by atoms with Crippen LogP contribution < -0.4 is 0 Å². The molecule has 0 aliphatic heterocycles. The molecule has 0 saturated heterocycles. The van der Waals surface area contributed by atoms with Crippen LogP contribution in [-0.2, 0) is 0 Å². The molecule has 15 heavy (non-hydrogen) atoms. The van der Waals surface area contributed by atoms with Gasteiger partial charge in [0.25, 0.3) is 0 Å². The van der Waals surface area contributed by atoms with E-state index in [0.717, 1.165) is 18.3 Å². The maximum absolute atomic E-state index is 3.55. The molecule has 0 aromatic rings. The maximum atomic E-state index is 3.55. The summed E-state index contributed by atoms with van der Waals surface area (Å²) >= 11 is 0. The van der Waals surface area contributed by atoms with Crippen molar-refractivity contribution < 1.29 is 0 Å². The second-order valence-electron chi connectivity index (χ2n) is 4.15. The van der Waals surface area contributed by atoms with Gasteiger partial charge < -0.3 is 0 Å². The van der Waals surface area contributed by atoms with Gasteiger partial charge in [-0.15, -0.1) is 6.58 Å². The molecule has 2 bridgehead atoms. The lowest BCUT2D eigenvalue weighted by atomic mass is 10.0. The largest absolute Gasteiger partial charge is 0.103 e. The molecule has 2 aliphatic rings. The lowest BCUT2D eigenvalue weighted by molar-refractivity contribution is 0.693. The molecule has 2 atom stereocenters. The molecule has 2 rings (SSSR count). The molecule has 0 aromatic heterocycles. The highest BCUT2D eigenvalue weighted by molar-refractivity contribution is 5.26. The standard InChI is InChI=1S/C9H12.C6H10/c1-2-8-5-7-3-4-9(8)6-7;1-3-5-6-4-2/h2-4,7,9H,5-6H2,1H3;3-4,6H,1,5H2,2H3/b8-2+;6-4+. The van der Waals surface area contributed by atoms with E-state index in [-0.39, 0.29) is 0 Å². The highest BCUT2D eigenvalue weighted by Crippen LogP contribution is 2.42. The fraction of sp³-hybridized carbons (Fsp3) is 0.467. The van der Waals surface area contributed by atoms with Crippen LogP contribution in [0.25, 0.3) is 0 Å². The first-order valence-electron chi connectivity index (χ1n) is 5.87. The summed E-state index contributed by atoms with van der Waals surface area (Å²) in [5, 5.41) is 0. The third-order valence-electron chi connectivity index (χ3n) is 3.06.